The molecule has 0 N–H and O–H groups in total. The molecule has 0 saturated carbocycles. The first-order valence-electron chi connectivity index (χ1n) is 2.07. The van der Waals surface area contributed by atoms with Crippen LogP contribution in [0.4, 0.5) is 0 Å². The maximum Gasteiger partial charge on any atom is 0.0320 e. The lowest BCUT2D eigenvalue weighted by Gasteiger charge is -1.63. The highest BCUT2D eigenvalue weighted by atomic mass is 79.9. The summed E-state index contributed by atoms with van der Waals surface area (Å²) in [5, 5.41) is 1.79. The average molecular weight is 287 g/mol. The summed E-state index contributed by atoms with van der Waals surface area (Å²) in [6, 6.07) is 0. The minimum absolute atomic E-state index is 0.708. The van der Waals surface area contributed by atoms with Crippen LogP contribution in [0.15, 0.2) is 0 Å². The Morgan fingerprint density at radius 3 is 1.00 bits per heavy atom. The monoisotopic (exact) mass is 284 g/mol. The molecule has 0 aliphatic carbocycles. The second kappa shape index (κ2) is 15.8. The van der Waals surface area contributed by atoms with Crippen LogP contribution >= 0.6 is 55.1 Å². The lowest BCUT2D eigenvalue weighted by molar-refractivity contribution is 1.57. The van der Waals surface area contributed by atoms with Crippen LogP contribution in [-0.2, 0) is 0 Å². The van der Waals surface area contributed by atoms with Crippen molar-refractivity contribution in [2.45, 2.75) is 0 Å². The van der Waals surface area contributed by atoms with Crippen molar-refractivity contribution in [2.24, 2.45) is 0 Å². The van der Waals surface area contributed by atoms with Crippen molar-refractivity contribution < 1.29 is 0 Å². The first kappa shape index (κ1) is 12.2. The topological polar surface area (TPSA) is 0 Å². The van der Waals surface area contributed by atoms with Crippen molar-refractivity contribution in [1.82, 2.24) is 0 Å². The van der Waals surface area contributed by atoms with E-state index in [0.29, 0.717) is 11.8 Å². The molecular formula is C4H8Br2Cl2. The molecule has 4 heteroatoms. The molecule has 0 atom stereocenters. The molecule has 0 amide bonds. The molecule has 0 saturated heterocycles. The van der Waals surface area contributed by atoms with Gasteiger partial charge in [-0.05, 0) is 0 Å². The van der Waals surface area contributed by atoms with Gasteiger partial charge in [-0.2, -0.15) is 0 Å². The van der Waals surface area contributed by atoms with Crippen LogP contribution in [0.25, 0.3) is 0 Å². The van der Waals surface area contributed by atoms with Gasteiger partial charge < -0.3 is 0 Å². The molecule has 8 heavy (non-hydrogen) atoms. The Bertz CT molecular complexity index is 20.0. The summed E-state index contributed by atoms with van der Waals surface area (Å²) in [4.78, 5) is 0. The quantitative estimate of drug-likeness (QED) is 0.684. The van der Waals surface area contributed by atoms with E-state index in [0.717, 1.165) is 10.7 Å². The zero-order chi connectivity index (χ0) is 6.83. The van der Waals surface area contributed by atoms with Crippen LogP contribution in [0, 0.1) is 0 Å². The smallest absolute Gasteiger partial charge is 0.0320 e. The predicted molar refractivity (Wildman–Crippen MR) is 49.0 cm³/mol. The van der Waals surface area contributed by atoms with Gasteiger partial charge in [0.1, 0.15) is 0 Å². The van der Waals surface area contributed by atoms with E-state index in [1.165, 1.54) is 0 Å². The van der Waals surface area contributed by atoms with E-state index in [9.17, 15) is 0 Å². The molecule has 52 valence electrons. The van der Waals surface area contributed by atoms with Gasteiger partial charge in [0.15, 0.2) is 0 Å². The Kier molecular flexibility index (Phi) is 24.2. The molecule has 0 heterocycles. The van der Waals surface area contributed by atoms with Gasteiger partial charge in [-0.3, -0.25) is 0 Å². The van der Waals surface area contributed by atoms with Gasteiger partial charge in [-0.1, -0.05) is 31.9 Å². The summed E-state index contributed by atoms with van der Waals surface area (Å²) < 4.78 is 0. The van der Waals surface area contributed by atoms with Crippen LogP contribution in [0.1, 0.15) is 0 Å². The van der Waals surface area contributed by atoms with Gasteiger partial charge in [0.05, 0.1) is 0 Å². The maximum absolute atomic E-state index is 5.14. The van der Waals surface area contributed by atoms with Gasteiger partial charge in [-0.25, -0.2) is 0 Å². The molecule has 0 nitrogen and oxygen atoms in total. The van der Waals surface area contributed by atoms with E-state index in [2.05, 4.69) is 31.9 Å². The molecule has 0 aromatic carbocycles. The minimum Gasteiger partial charge on any atom is -0.126 e. The van der Waals surface area contributed by atoms with Crippen molar-refractivity contribution in [3.8, 4) is 0 Å². The van der Waals surface area contributed by atoms with Gasteiger partial charge >= 0.3 is 0 Å². The van der Waals surface area contributed by atoms with Crippen molar-refractivity contribution in [3.63, 3.8) is 0 Å². The summed E-state index contributed by atoms with van der Waals surface area (Å²) in [7, 11) is 0. The van der Waals surface area contributed by atoms with E-state index in [1.54, 1.807) is 0 Å². The van der Waals surface area contributed by atoms with Gasteiger partial charge in [-0.15, -0.1) is 23.2 Å². The number of alkyl halides is 4. The fourth-order valence-corrected chi connectivity index (χ4v) is 0. The lowest BCUT2D eigenvalue weighted by atomic mass is 11.0. The third-order valence-corrected chi connectivity index (χ3v) is 2.23. The highest BCUT2D eigenvalue weighted by molar-refractivity contribution is 9.09. The zero-order valence-electron chi connectivity index (χ0n) is 4.34. The maximum atomic E-state index is 5.14. The van der Waals surface area contributed by atoms with Crippen LogP contribution in [0.2, 0.25) is 0 Å². The molecule has 0 aromatic rings. The molecule has 0 unspecified atom stereocenters. The van der Waals surface area contributed by atoms with Gasteiger partial charge in [0.2, 0.25) is 0 Å². The Morgan fingerprint density at radius 2 is 1.00 bits per heavy atom. The molecule has 0 bridgehead atoms. The van der Waals surface area contributed by atoms with E-state index >= 15 is 0 Å². The number of hydrogen-bond acceptors (Lipinski definition) is 0. The molecule has 0 aromatic heterocycles. The van der Waals surface area contributed by atoms with Crippen molar-refractivity contribution in [1.29, 1.82) is 0 Å². The Morgan fingerprint density at radius 1 is 0.875 bits per heavy atom. The number of hydrogen-bond donors (Lipinski definition) is 0. The molecule has 0 radical (unpaired) electrons. The van der Waals surface area contributed by atoms with Crippen LogP contribution < -0.4 is 0 Å². The number of rotatable bonds is 2. The first-order chi connectivity index (χ1) is 3.83. The highest BCUT2D eigenvalue weighted by Crippen LogP contribution is 1.79. The molecule has 0 spiro atoms. The van der Waals surface area contributed by atoms with Crippen molar-refractivity contribution in [2.75, 3.05) is 22.4 Å². The second-order valence-corrected chi connectivity index (χ2v) is 3.10. The van der Waals surface area contributed by atoms with E-state index in [1.807, 2.05) is 0 Å². The lowest BCUT2D eigenvalue weighted by Crippen LogP contribution is -1.62. The van der Waals surface area contributed by atoms with Gasteiger partial charge in [0.25, 0.3) is 0 Å². The van der Waals surface area contributed by atoms with Crippen molar-refractivity contribution >= 4 is 55.1 Å². The summed E-state index contributed by atoms with van der Waals surface area (Å²) in [5.74, 6) is 1.42. The summed E-state index contributed by atoms with van der Waals surface area (Å²) in [6.45, 7) is 0. The number of halogens is 4. The minimum atomic E-state index is 0.708. The van der Waals surface area contributed by atoms with Crippen molar-refractivity contribution in [3.05, 3.63) is 0 Å². The Balaban J connectivity index is 0. The fourth-order valence-electron chi connectivity index (χ4n) is 0. The first-order valence-corrected chi connectivity index (χ1v) is 5.38. The standard InChI is InChI=1S/2C2H4BrCl/c2*3-1-2-4/h2*1-2H2. The average Bonchev–Trinajstić information content (AvgIpc) is 1.88. The predicted octanol–water partition coefficient (Wildman–Crippen LogP) is 3.24. The van der Waals surface area contributed by atoms with E-state index in [4.69, 9.17) is 23.2 Å². The molecule has 0 rings (SSSR count). The van der Waals surface area contributed by atoms with Crippen LogP contribution in [-0.4, -0.2) is 22.4 Å². The molecular weight excluding hydrogens is 279 g/mol. The SMILES string of the molecule is ClCCBr.ClCCBr. The second-order valence-electron chi connectivity index (χ2n) is 0.756. The van der Waals surface area contributed by atoms with Crippen LogP contribution in [0.3, 0.4) is 0 Å². The Labute approximate surface area is 77.2 Å². The zero-order valence-corrected chi connectivity index (χ0v) is 9.02. The largest absolute Gasteiger partial charge is 0.126 e. The molecule has 0 fully saturated rings. The fraction of sp³-hybridized carbons (Fsp3) is 1.00. The third-order valence-electron chi connectivity index (χ3n) is 0.143. The summed E-state index contributed by atoms with van der Waals surface area (Å²) >= 11 is 16.5. The molecule has 0 aliphatic heterocycles. The highest BCUT2D eigenvalue weighted by Gasteiger charge is 1.61. The Hall–Kier alpha value is 1.54. The third kappa shape index (κ3) is 25.7. The van der Waals surface area contributed by atoms with Crippen LogP contribution in [0.5, 0.6) is 0 Å². The normalized spacial score (nSPS) is 7.50. The van der Waals surface area contributed by atoms with Gasteiger partial charge in [0, 0.05) is 22.4 Å². The van der Waals surface area contributed by atoms with E-state index in [-0.39, 0.29) is 0 Å². The summed E-state index contributed by atoms with van der Waals surface area (Å²) in [6.07, 6.45) is 0. The molecule has 0 aliphatic rings. The summed E-state index contributed by atoms with van der Waals surface area (Å²) in [5.41, 5.74) is 0. The van der Waals surface area contributed by atoms with E-state index < -0.39 is 0 Å².